The zero-order valence-corrected chi connectivity index (χ0v) is 10.8. The van der Waals surface area contributed by atoms with Crippen LogP contribution in [0.2, 0.25) is 0 Å². The molecule has 1 N–H and O–H groups in total. The Morgan fingerprint density at radius 1 is 1.06 bits per heavy atom. The van der Waals surface area contributed by atoms with Gasteiger partial charge in [-0.15, -0.1) is 11.6 Å². The number of halogens is 1. The summed E-state index contributed by atoms with van der Waals surface area (Å²) in [4.78, 5) is 0. The van der Waals surface area contributed by atoms with Gasteiger partial charge in [-0.25, -0.2) is 0 Å². The van der Waals surface area contributed by atoms with Gasteiger partial charge in [0, 0.05) is 25.1 Å². The lowest BCUT2D eigenvalue weighted by Gasteiger charge is -2.33. The Hall–Kier alpha value is 0.210. The smallest absolute Gasteiger partial charge is 0.0469 e. The summed E-state index contributed by atoms with van der Waals surface area (Å²) in [6.07, 6.45) is 7.83. The van der Waals surface area contributed by atoms with Gasteiger partial charge in [0.05, 0.1) is 0 Å². The second-order valence-corrected chi connectivity index (χ2v) is 5.58. The van der Waals surface area contributed by atoms with Gasteiger partial charge in [0.2, 0.25) is 0 Å². The van der Waals surface area contributed by atoms with E-state index in [1.165, 1.54) is 45.1 Å². The molecule has 2 nitrogen and oxygen atoms in total. The Morgan fingerprint density at radius 3 is 2.56 bits per heavy atom. The van der Waals surface area contributed by atoms with E-state index in [4.69, 9.17) is 16.3 Å². The quantitative estimate of drug-likeness (QED) is 0.770. The largest absolute Gasteiger partial charge is 0.381 e. The molecule has 0 aromatic carbocycles. The minimum atomic E-state index is 0.675. The van der Waals surface area contributed by atoms with Crippen molar-refractivity contribution in [3.8, 4) is 0 Å². The Labute approximate surface area is 104 Å². The third-order valence-electron chi connectivity index (χ3n) is 4.12. The monoisotopic (exact) mass is 245 g/mol. The molecule has 1 heterocycles. The number of alkyl halides is 1. The van der Waals surface area contributed by atoms with Crippen molar-refractivity contribution in [2.75, 3.05) is 25.6 Å². The topological polar surface area (TPSA) is 21.3 Å². The Kier molecular flexibility index (Phi) is 5.40. The van der Waals surface area contributed by atoms with Crippen LogP contribution in [0.3, 0.4) is 0 Å². The van der Waals surface area contributed by atoms with E-state index in [0.717, 1.165) is 25.0 Å². The molecule has 16 heavy (non-hydrogen) atoms. The van der Waals surface area contributed by atoms with Crippen molar-refractivity contribution in [3.05, 3.63) is 0 Å². The van der Waals surface area contributed by atoms with Crippen LogP contribution < -0.4 is 5.32 Å². The lowest BCUT2D eigenvalue weighted by Crippen LogP contribution is -2.42. The van der Waals surface area contributed by atoms with Crippen molar-refractivity contribution >= 4 is 11.6 Å². The van der Waals surface area contributed by atoms with Crippen LogP contribution in [-0.2, 0) is 4.74 Å². The maximum atomic E-state index is 6.04. The number of hydrogen-bond donors (Lipinski definition) is 1. The fraction of sp³-hybridized carbons (Fsp3) is 1.00. The van der Waals surface area contributed by atoms with Crippen molar-refractivity contribution in [1.29, 1.82) is 0 Å². The second-order valence-electron chi connectivity index (χ2n) is 5.27. The normalized spacial score (nSPS) is 32.8. The molecule has 2 fully saturated rings. The highest BCUT2D eigenvalue weighted by Crippen LogP contribution is 2.26. The van der Waals surface area contributed by atoms with Crippen LogP contribution in [0.4, 0.5) is 0 Å². The van der Waals surface area contributed by atoms with Crippen LogP contribution in [0, 0.1) is 11.8 Å². The zero-order chi connectivity index (χ0) is 11.2. The number of hydrogen-bond acceptors (Lipinski definition) is 2. The van der Waals surface area contributed by atoms with Crippen molar-refractivity contribution in [1.82, 2.24) is 5.32 Å². The highest BCUT2D eigenvalue weighted by molar-refractivity contribution is 6.18. The Bertz CT molecular complexity index is 194. The summed E-state index contributed by atoms with van der Waals surface area (Å²) in [6.45, 7) is 3.08. The molecule has 0 aromatic heterocycles. The zero-order valence-electron chi connectivity index (χ0n) is 10.1. The van der Waals surface area contributed by atoms with E-state index >= 15 is 0 Å². The van der Waals surface area contributed by atoms with Gasteiger partial charge in [-0.05, 0) is 44.1 Å². The molecular weight excluding hydrogens is 222 g/mol. The third kappa shape index (κ3) is 3.61. The highest BCUT2D eigenvalue weighted by Gasteiger charge is 2.25. The van der Waals surface area contributed by atoms with Crippen LogP contribution in [0.1, 0.15) is 38.5 Å². The first-order valence-corrected chi connectivity index (χ1v) is 7.30. The van der Waals surface area contributed by atoms with Gasteiger partial charge in [-0.1, -0.05) is 12.8 Å². The summed E-state index contributed by atoms with van der Waals surface area (Å²) in [5.74, 6) is 2.35. The van der Waals surface area contributed by atoms with Crippen molar-refractivity contribution in [2.24, 2.45) is 11.8 Å². The van der Waals surface area contributed by atoms with Gasteiger partial charge in [0.25, 0.3) is 0 Å². The minimum Gasteiger partial charge on any atom is -0.381 e. The summed E-state index contributed by atoms with van der Waals surface area (Å²) >= 11 is 6.04. The van der Waals surface area contributed by atoms with Gasteiger partial charge >= 0.3 is 0 Å². The molecule has 3 heteroatoms. The summed E-state index contributed by atoms with van der Waals surface area (Å²) in [5.41, 5.74) is 0. The summed E-state index contributed by atoms with van der Waals surface area (Å²) in [7, 11) is 0. The van der Waals surface area contributed by atoms with E-state index in [0.29, 0.717) is 12.0 Å². The van der Waals surface area contributed by atoms with E-state index in [-0.39, 0.29) is 0 Å². The van der Waals surface area contributed by atoms with Crippen LogP contribution in [-0.4, -0.2) is 31.7 Å². The summed E-state index contributed by atoms with van der Waals surface area (Å²) in [6, 6.07) is 0.675. The Balaban J connectivity index is 1.70. The van der Waals surface area contributed by atoms with Gasteiger partial charge in [-0.2, -0.15) is 0 Å². The molecule has 94 valence electrons. The van der Waals surface area contributed by atoms with Crippen LogP contribution in [0.25, 0.3) is 0 Å². The van der Waals surface area contributed by atoms with E-state index in [9.17, 15) is 0 Å². The molecular formula is C13H24ClNO. The first kappa shape index (κ1) is 12.7. The van der Waals surface area contributed by atoms with Crippen molar-refractivity contribution in [3.63, 3.8) is 0 Å². The fourth-order valence-electron chi connectivity index (χ4n) is 2.93. The molecule has 1 saturated carbocycles. The van der Waals surface area contributed by atoms with Gasteiger partial charge in [-0.3, -0.25) is 0 Å². The molecule has 0 radical (unpaired) electrons. The SMILES string of the molecule is ClCC1CCCCC1NCC1CCOCC1. The molecule has 0 amide bonds. The maximum absolute atomic E-state index is 6.04. The van der Waals surface area contributed by atoms with Crippen LogP contribution >= 0.6 is 11.6 Å². The van der Waals surface area contributed by atoms with Crippen LogP contribution in [0.5, 0.6) is 0 Å². The van der Waals surface area contributed by atoms with Gasteiger partial charge < -0.3 is 10.1 Å². The van der Waals surface area contributed by atoms with E-state index in [2.05, 4.69) is 5.32 Å². The van der Waals surface area contributed by atoms with E-state index in [1.807, 2.05) is 0 Å². The third-order valence-corrected chi connectivity index (χ3v) is 4.51. The fourth-order valence-corrected chi connectivity index (χ4v) is 3.30. The molecule has 0 bridgehead atoms. The lowest BCUT2D eigenvalue weighted by atomic mass is 9.85. The molecule has 2 atom stereocenters. The predicted octanol–water partition coefficient (Wildman–Crippen LogP) is 2.80. The van der Waals surface area contributed by atoms with Crippen molar-refractivity contribution in [2.45, 2.75) is 44.6 Å². The maximum Gasteiger partial charge on any atom is 0.0469 e. The molecule has 2 rings (SSSR count). The molecule has 0 aromatic rings. The number of rotatable bonds is 4. The predicted molar refractivity (Wildman–Crippen MR) is 68.0 cm³/mol. The molecule has 1 aliphatic heterocycles. The first-order chi connectivity index (χ1) is 7.90. The molecule has 2 unspecified atom stereocenters. The van der Waals surface area contributed by atoms with Crippen molar-refractivity contribution < 1.29 is 4.74 Å². The standard InChI is InChI=1S/C13H24ClNO/c14-9-12-3-1-2-4-13(12)15-10-11-5-7-16-8-6-11/h11-13,15H,1-10H2. The molecule has 0 spiro atoms. The molecule has 2 aliphatic rings. The Morgan fingerprint density at radius 2 is 1.81 bits per heavy atom. The summed E-state index contributed by atoms with van der Waals surface area (Å²) < 4.78 is 5.38. The average molecular weight is 246 g/mol. The van der Waals surface area contributed by atoms with Crippen LogP contribution in [0.15, 0.2) is 0 Å². The molecule has 1 aliphatic carbocycles. The molecule has 1 saturated heterocycles. The second kappa shape index (κ2) is 6.83. The van der Waals surface area contributed by atoms with E-state index in [1.54, 1.807) is 0 Å². The first-order valence-electron chi connectivity index (χ1n) is 6.77. The summed E-state index contributed by atoms with van der Waals surface area (Å²) in [5, 5.41) is 3.75. The van der Waals surface area contributed by atoms with Gasteiger partial charge in [0.1, 0.15) is 0 Å². The minimum absolute atomic E-state index is 0.675. The number of ether oxygens (including phenoxy) is 1. The highest BCUT2D eigenvalue weighted by atomic mass is 35.5. The average Bonchev–Trinajstić information content (AvgIpc) is 2.38. The lowest BCUT2D eigenvalue weighted by molar-refractivity contribution is 0.0642. The van der Waals surface area contributed by atoms with E-state index < -0.39 is 0 Å². The number of nitrogens with one attached hydrogen (secondary N) is 1. The van der Waals surface area contributed by atoms with Gasteiger partial charge in [0.15, 0.2) is 0 Å².